The maximum Gasteiger partial charge on any atom is 0.335 e. The number of carboxylic acid groups (broad SMARTS) is 1. The minimum atomic E-state index is -1.05. The second-order valence-corrected chi connectivity index (χ2v) is 4.20. The Hall–Kier alpha value is -2.21. The van der Waals surface area contributed by atoms with Gasteiger partial charge in [-0.3, -0.25) is 0 Å². The highest BCUT2D eigenvalue weighted by Crippen LogP contribution is 2.15. The second-order valence-electron chi connectivity index (χ2n) is 3.82. The SMILES string of the molecule is Cc1nccc(CNc2cc(C(=O)O)cc(Cl)n2)n1. The normalized spacial score (nSPS) is 10.2. The van der Waals surface area contributed by atoms with Gasteiger partial charge in [0.05, 0.1) is 17.8 Å². The zero-order valence-corrected chi connectivity index (χ0v) is 10.8. The highest BCUT2D eigenvalue weighted by Gasteiger charge is 2.07. The van der Waals surface area contributed by atoms with Gasteiger partial charge in [0.25, 0.3) is 0 Å². The molecule has 0 fully saturated rings. The Balaban J connectivity index is 2.13. The molecule has 0 aromatic carbocycles. The summed E-state index contributed by atoms with van der Waals surface area (Å²) in [4.78, 5) is 23.1. The van der Waals surface area contributed by atoms with Crippen LogP contribution in [0.25, 0.3) is 0 Å². The topological polar surface area (TPSA) is 88.0 Å². The maximum absolute atomic E-state index is 10.9. The van der Waals surface area contributed by atoms with Crippen molar-refractivity contribution in [1.29, 1.82) is 0 Å². The largest absolute Gasteiger partial charge is 0.478 e. The Labute approximate surface area is 114 Å². The number of pyridine rings is 1. The molecule has 0 aliphatic heterocycles. The highest BCUT2D eigenvalue weighted by atomic mass is 35.5. The van der Waals surface area contributed by atoms with Gasteiger partial charge in [0, 0.05) is 6.20 Å². The van der Waals surface area contributed by atoms with Gasteiger partial charge in [-0.1, -0.05) is 11.6 Å². The van der Waals surface area contributed by atoms with Crippen molar-refractivity contribution >= 4 is 23.4 Å². The van der Waals surface area contributed by atoms with Crippen molar-refractivity contribution in [2.75, 3.05) is 5.32 Å². The van der Waals surface area contributed by atoms with E-state index in [1.54, 1.807) is 19.2 Å². The van der Waals surface area contributed by atoms with Crippen LogP contribution >= 0.6 is 11.6 Å². The zero-order valence-electron chi connectivity index (χ0n) is 10.1. The van der Waals surface area contributed by atoms with Crippen molar-refractivity contribution in [1.82, 2.24) is 15.0 Å². The smallest absolute Gasteiger partial charge is 0.335 e. The van der Waals surface area contributed by atoms with E-state index in [0.717, 1.165) is 5.69 Å². The molecule has 0 saturated heterocycles. The Morgan fingerprint density at radius 1 is 1.42 bits per heavy atom. The van der Waals surface area contributed by atoms with Crippen LogP contribution in [-0.2, 0) is 6.54 Å². The fraction of sp³-hybridized carbons (Fsp3) is 0.167. The molecule has 2 aromatic heterocycles. The quantitative estimate of drug-likeness (QED) is 0.833. The molecule has 0 amide bonds. The molecule has 7 heteroatoms. The lowest BCUT2D eigenvalue weighted by atomic mass is 10.2. The van der Waals surface area contributed by atoms with E-state index in [4.69, 9.17) is 16.7 Å². The molecule has 2 aromatic rings. The summed E-state index contributed by atoms with van der Waals surface area (Å²) >= 11 is 5.76. The maximum atomic E-state index is 10.9. The summed E-state index contributed by atoms with van der Waals surface area (Å²) in [6.07, 6.45) is 1.66. The fourth-order valence-electron chi connectivity index (χ4n) is 1.50. The van der Waals surface area contributed by atoms with Crippen molar-refractivity contribution in [3.8, 4) is 0 Å². The molecule has 0 aliphatic carbocycles. The number of nitrogens with zero attached hydrogens (tertiary/aromatic N) is 3. The average Bonchev–Trinajstić information content (AvgIpc) is 2.36. The van der Waals surface area contributed by atoms with Crippen LogP contribution in [0.15, 0.2) is 24.4 Å². The number of anilines is 1. The summed E-state index contributed by atoms with van der Waals surface area (Å²) in [5, 5.41) is 12.0. The lowest BCUT2D eigenvalue weighted by Crippen LogP contribution is -2.06. The number of nitrogens with one attached hydrogen (secondary N) is 1. The van der Waals surface area contributed by atoms with Gasteiger partial charge >= 0.3 is 5.97 Å². The number of aromatic carboxylic acids is 1. The number of rotatable bonds is 4. The van der Waals surface area contributed by atoms with Crippen LogP contribution in [0.2, 0.25) is 5.15 Å². The molecule has 2 heterocycles. The molecule has 0 aliphatic rings. The number of hydrogen-bond donors (Lipinski definition) is 2. The van der Waals surface area contributed by atoms with E-state index in [1.165, 1.54) is 12.1 Å². The third kappa shape index (κ3) is 3.62. The minimum Gasteiger partial charge on any atom is -0.478 e. The number of aryl methyl sites for hydroxylation is 1. The molecule has 2 rings (SSSR count). The number of hydrogen-bond acceptors (Lipinski definition) is 5. The molecule has 6 nitrogen and oxygen atoms in total. The Morgan fingerprint density at radius 3 is 2.89 bits per heavy atom. The van der Waals surface area contributed by atoms with Gasteiger partial charge in [-0.15, -0.1) is 0 Å². The molecular weight excluding hydrogens is 268 g/mol. The van der Waals surface area contributed by atoms with Gasteiger partial charge < -0.3 is 10.4 Å². The van der Waals surface area contributed by atoms with E-state index >= 15 is 0 Å². The van der Waals surface area contributed by atoms with E-state index in [1.807, 2.05) is 0 Å². The number of carboxylic acids is 1. The molecule has 0 unspecified atom stereocenters. The van der Waals surface area contributed by atoms with Crippen molar-refractivity contribution < 1.29 is 9.90 Å². The molecule has 98 valence electrons. The van der Waals surface area contributed by atoms with Gasteiger partial charge in [0.15, 0.2) is 0 Å². The molecule has 0 saturated carbocycles. The van der Waals surface area contributed by atoms with Crippen LogP contribution in [0.5, 0.6) is 0 Å². The van der Waals surface area contributed by atoms with Gasteiger partial charge in [0.1, 0.15) is 16.8 Å². The van der Waals surface area contributed by atoms with Crippen LogP contribution < -0.4 is 5.32 Å². The monoisotopic (exact) mass is 278 g/mol. The molecule has 0 atom stereocenters. The average molecular weight is 279 g/mol. The van der Waals surface area contributed by atoms with Crippen LogP contribution in [0.3, 0.4) is 0 Å². The third-order valence-electron chi connectivity index (χ3n) is 2.33. The Kier molecular flexibility index (Phi) is 3.91. The van der Waals surface area contributed by atoms with Crippen molar-refractivity contribution in [3.05, 3.63) is 46.6 Å². The molecule has 0 spiro atoms. The molecular formula is C12H11ClN4O2. The number of halogens is 1. The van der Waals surface area contributed by atoms with Crippen LogP contribution in [-0.4, -0.2) is 26.0 Å². The second kappa shape index (κ2) is 5.62. The predicted molar refractivity (Wildman–Crippen MR) is 70.3 cm³/mol. The third-order valence-corrected chi connectivity index (χ3v) is 2.52. The fourth-order valence-corrected chi connectivity index (χ4v) is 1.70. The van der Waals surface area contributed by atoms with Crippen LogP contribution in [0.4, 0.5) is 5.82 Å². The molecule has 0 bridgehead atoms. The summed E-state index contributed by atoms with van der Waals surface area (Å²) in [5.74, 6) is 0.0102. The number of carbonyl (C=O) groups is 1. The minimum absolute atomic E-state index is 0.0846. The first kappa shape index (κ1) is 13.2. The molecule has 2 N–H and O–H groups in total. The van der Waals surface area contributed by atoms with Crippen molar-refractivity contribution in [2.45, 2.75) is 13.5 Å². The van der Waals surface area contributed by atoms with Crippen molar-refractivity contribution in [2.24, 2.45) is 0 Å². The molecule has 0 radical (unpaired) electrons. The van der Waals surface area contributed by atoms with E-state index in [2.05, 4.69) is 20.3 Å². The van der Waals surface area contributed by atoms with E-state index in [-0.39, 0.29) is 10.7 Å². The first-order chi connectivity index (χ1) is 9.04. The lowest BCUT2D eigenvalue weighted by molar-refractivity contribution is 0.0697. The van der Waals surface area contributed by atoms with Crippen LogP contribution in [0.1, 0.15) is 21.9 Å². The Bertz CT molecular complexity index is 618. The lowest BCUT2D eigenvalue weighted by Gasteiger charge is -2.07. The summed E-state index contributed by atoms with van der Waals surface area (Å²) in [6.45, 7) is 2.21. The highest BCUT2D eigenvalue weighted by molar-refractivity contribution is 6.29. The number of aromatic nitrogens is 3. The standard InChI is InChI=1S/C12H11ClN4O2/c1-7-14-3-2-9(16-7)6-15-11-5-8(12(18)19)4-10(13)17-11/h2-5H,6H2,1H3,(H,15,17)(H,18,19). The first-order valence-electron chi connectivity index (χ1n) is 5.48. The summed E-state index contributed by atoms with van der Waals surface area (Å²) in [5.41, 5.74) is 0.868. The first-order valence-corrected chi connectivity index (χ1v) is 5.85. The zero-order chi connectivity index (χ0) is 13.8. The van der Waals surface area contributed by atoms with Gasteiger partial charge in [0.2, 0.25) is 0 Å². The van der Waals surface area contributed by atoms with E-state index in [9.17, 15) is 4.79 Å². The van der Waals surface area contributed by atoms with Gasteiger partial charge in [-0.05, 0) is 25.1 Å². The van der Waals surface area contributed by atoms with Gasteiger partial charge in [-0.2, -0.15) is 0 Å². The van der Waals surface area contributed by atoms with E-state index < -0.39 is 5.97 Å². The van der Waals surface area contributed by atoms with E-state index in [0.29, 0.717) is 18.2 Å². The summed E-state index contributed by atoms with van der Waals surface area (Å²) in [6, 6.07) is 4.48. The Morgan fingerprint density at radius 2 is 2.21 bits per heavy atom. The summed E-state index contributed by atoms with van der Waals surface area (Å²) < 4.78 is 0. The van der Waals surface area contributed by atoms with Gasteiger partial charge in [-0.25, -0.2) is 19.7 Å². The van der Waals surface area contributed by atoms with Crippen molar-refractivity contribution in [3.63, 3.8) is 0 Å². The molecule has 19 heavy (non-hydrogen) atoms. The predicted octanol–water partition coefficient (Wildman–Crippen LogP) is 2.14. The van der Waals surface area contributed by atoms with Crippen LogP contribution in [0, 0.1) is 6.92 Å². The summed E-state index contributed by atoms with van der Waals surface area (Å²) in [7, 11) is 0.